The van der Waals surface area contributed by atoms with Crippen LogP contribution in [-0.4, -0.2) is 0 Å². The van der Waals surface area contributed by atoms with Crippen molar-refractivity contribution in [2.45, 2.75) is 148 Å². The van der Waals surface area contributed by atoms with E-state index >= 15 is 0 Å². The van der Waals surface area contributed by atoms with Gasteiger partial charge in [-0.2, -0.15) is 0 Å². The number of rotatable bonds is 0. The second-order valence-corrected chi connectivity index (χ2v) is 42.9. The minimum Gasteiger partial charge on any atom is -0.0761 e. The van der Waals surface area contributed by atoms with Crippen molar-refractivity contribution in [1.82, 2.24) is 0 Å². The zero-order valence-electron chi connectivity index (χ0n) is 76.0. The van der Waals surface area contributed by atoms with Crippen LogP contribution in [0.4, 0.5) is 0 Å². The van der Waals surface area contributed by atoms with Crippen LogP contribution in [0.2, 0.25) is 0 Å². The molecule has 6 spiro atoms. The third-order valence-corrected chi connectivity index (χ3v) is 39.4. The summed E-state index contributed by atoms with van der Waals surface area (Å²) < 4.78 is 0. The van der Waals surface area contributed by atoms with Crippen LogP contribution >= 0.6 is 0 Å². The first-order valence-electron chi connectivity index (χ1n) is 49.6. The summed E-state index contributed by atoms with van der Waals surface area (Å²) in [7, 11) is 0. The molecule has 24 aliphatic rings. The van der Waals surface area contributed by atoms with Gasteiger partial charge in [0.15, 0.2) is 0 Å². The Morgan fingerprint density at radius 3 is 0.370 bits per heavy atom. The molecular formula is C138H78. The van der Waals surface area contributed by atoms with E-state index in [1.165, 1.54) is 38.5 Å². The lowest BCUT2D eigenvalue weighted by Gasteiger charge is -2.11. The summed E-state index contributed by atoms with van der Waals surface area (Å²) in [5.41, 5.74) is 11.7. The molecule has 12 bridgehead atoms. The van der Waals surface area contributed by atoms with Gasteiger partial charge in [-0.25, -0.2) is 0 Å². The lowest BCUT2D eigenvalue weighted by Crippen LogP contribution is -2.03. The molecule has 17 aromatic rings. The summed E-state index contributed by atoms with van der Waals surface area (Å²) in [6.07, 6.45) is 76.5. The number of hydrogen-bond donors (Lipinski definition) is 0. The maximum Gasteiger partial charge on any atom is 0.0579 e. The highest BCUT2D eigenvalue weighted by Gasteiger charge is 2.99. The Labute approximate surface area is 812 Å². The molecule has 0 nitrogen and oxygen atoms in total. The first-order valence-corrected chi connectivity index (χ1v) is 49.6. The van der Waals surface area contributed by atoms with E-state index in [9.17, 15) is 0 Å². The van der Waals surface area contributed by atoms with Crippen LogP contribution in [0.25, 0.3) is 64.6 Å². The van der Waals surface area contributed by atoms with E-state index < -0.39 is 0 Å². The first kappa shape index (κ1) is 76.9. The van der Waals surface area contributed by atoms with E-state index in [1.54, 1.807) is 0 Å². The van der Waals surface area contributed by atoms with Crippen LogP contribution in [0.1, 0.15) is 182 Å². The first-order chi connectivity index (χ1) is 68.0. The summed E-state index contributed by atoms with van der Waals surface area (Å²) in [6, 6.07) is 165. The molecule has 12 fully saturated rings. The van der Waals surface area contributed by atoms with E-state index in [0.717, 1.165) is 208 Å². The monoisotopic (exact) mass is 1730 g/mol. The van der Waals surface area contributed by atoms with Gasteiger partial charge in [-0.3, -0.25) is 0 Å². The van der Waals surface area contributed by atoms with Gasteiger partial charge < -0.3 is 0 Å². The maximum atomic E-state index is 3.76. The van der Waals surface area contributed by atoms with Crippen molar-refractivity contribution in [1.29, 1.82) is 0 Å². The predicted molar refractivity (Wildman–Crippen MR) is 528 cm³/mol. The molecule has 0 heteroatoms. The highest BCUT2D eigenvalue weighted by molar-refractivity contribution is 5.85. The summed E-state index contributed by atoms with van der Waals surface area (Å²) in [4.78, 5) is 0. The van der Waals surface area contributed by atoms with Crippen LogP contribution in [-0.2, 0) is 32.5 Å². The van der Waals surface area contributed by atoms with Crippen molar-refractivity contribution in [2.75, 3.05) is 0 Å². The molecule has 24 aliphatic carbocycles. The summed E-state index contributed by atoms with van der Waals surface area (Å²) in [5.74, 6) is 0. The number of benzene rings is 5. The molecule has 0 heterocycles. The number of hydrogen-bond acceptors (Lipinski definition) is 0. The SMILES string of the molecule is c1c#cc2cc3c#cc#cc4c(c#cc5ccc(c#cc6c(c#cc#cc7cc(c#cc#cc8c(c#cc9ccc(c#cc%10c(c#1)C%101C%10%11C=CC=CC%101CCC%11)cc9)C81C89C=CC=CC81CCC9)cc(c#cc#cc1c(c#cc8ccc(c#cc9c(c#cc#cc(c2)c3)C92C39C=CC=CC32CCC9)cc8)C12C13C=CC=CC12CCC3)c7)C61C23C=CC=CC21CCC3)cc5)C41C23C=CC=CC21CCC3. The summed E-state index contributed by atoms with van der Waals surface area (Å²) in [6.45, 7) is 0. The Balaban J connectivity index is 0.602. The standard InChI is InChI=1S/C138H78/c1-7-37-109-115(133(109)121-67-13-14-68-122(121,133)80-25-79-121)61-55-97-43-45-98(46-44-97)56-64-118-112(136(118)127-73-19-20-74-128(127,136)86-28-85-127)40-10-4-34-106-94-107-35-5-11-41-113-119(137(113)129-75-21-22-76-130(129,137)88-29-87-129)65-59-101-51-47-99(48-52-101)57-62-116-110(134(116)123-69-15-16-70-124(123,134)82-26-81-123)38-8-2-32-104-91-103(31-1)92-105(93-104)33-3-9-39-111-117(135(111)125-71-17-18-72-126(125,135)84-27-83-125)63-58-100-49-53-102(54-50-100)60-66-120-114(42-12-6-36-108(95-106)96-107)138(120)131-77-23-24-78-132(131,138)90-30-89-131/h13-24,43-54,67-78,91-96H,25-30,79-90H2. The quantitative estimate of drug-likeness (QED) is 0.142. The van der Waals surface area contributed by atoms with E-state index in [2.05, 4.69) is 437 Å². The van der Waals surface area contributed by atoms with Gasteiger partial charge in [-0.05, 0) is 259 Å². The Morgan fingerprint density at radius 2 is 0.239 bits per heavy atom. The average molecular weight is 1740 g/mol. The molecule has 12 atom stereocenters. The molecule has 0 amide bonds. The molecular weight excluding hydrogens is 1660 g/mol. The fraction of sp³-hybridized carbons (Fsp3) is 0.261. The highest BCUT2D eigenvalue weighted by atomic mass is 15.0. The predicted octanol–water partition coefficient (Wildman–Crippen LogP) is 26.3. The van der Waals surface area contributed by atoms with Crippen LogP contribution in [0, 0.1) is 283 Å². The van der Waals surface area contributed by atoms with Crippen LogP contribution in [0.15, 0.2) is 255 Å². The fourth-order valence-electron chi connectivity index (χ4n) is 34.7. The highest BCUT2D eigenvalue weighted by Crippen LogP contribution is 3.00. The van der Waals surface area contributed by atoms with Crippen molar-refractivity contribution in [2.24, 2.45) is 65.0 Å². The molecule has 0 N–H and O–H groups in total. The lowest BCUT2D eigenvalue weighted by molar-refractivity contribution is 0.552. The Kier molecular flexibility index (Phi) is 14.2. The largest absolute Gasteiger partial charge is 0.0761 e. The van der Waals surface area contributed by atoms with Gasteiger partial charge in [0.25, 0.3) is 0 Å². The van der Waals surface area contributed by atoms with Crippen molar-refractivity contribution in [3.05, 3.63) is 540 Å². The van der Waals surface area contributed by atoms with Gasteiger partial charge in [0.2, 0.25) is 0 Å². The van der Waals surface area contributed by atoms with E-state index in [-0.39, 0.29) is 97.5 Å². The van der Waals surface area contributed by atoms with Crippen LogP contribution < -0.4 is 0 Å². The van der Waals surface area contributed by atoms with E-state index in [4.69, 9.17) is 0 Å². The zero-order valence-corrected chi connectivity index (χ0v) is 76.0. The van der Waals surface area contributed by atoms with Crippen molar-refractivity contribution >= 4 is 64.6 Å². The molecule has 41 rings (SSSR count). The molecule has 630 valence electrons. The number of allylic oxidation sites excluding steroid dienone is 24. The molecule has 0 aliphatic heterocycles. The summed E-state index contributed by atoms with van der Waals surface area (Å²) in [5, 5.41) is 10.1. The second-order valence-electron chi connectivity index (χ2n) is 42.9. The van der Waals surface area contributed by atoms with Crippen molar-refractivity contribution in [3.63, 3.8) is 0 Å². The molecule has 12 unspecified atom stereocenters. The topological polar surface area (TPSA) is 0 Å². The second kappa shape index (κ2) is 25.6. The third-order valence-electron chi connectivity index (χ3n) is 39.4. The van der Waals surface area contributed by atoms with Gasteiger partial charge in [0.1, 0.15) is 0 Å². The minimum absolute atomic E-state index is 0.0329. The van der Waals surface area contributed by atoms with Gasteiger partial charge in [0, 0.05) is 196 Å². The minimum atomic E-state index is -0.234. The van der Waals surface area contributed by atoms with Gasteiger partial charge in [-0.15, -0.1) is 0 Å². The average Bonchev–Trinajstić information content (AvgIpc) is 1.43. The smallest absolute Gasteiger partial charge is 0.0579 e. The molecule has 12 saturated carbocycles. The Hall–Kier alpha value is -16.5. The lowest BCUT2D eigenvalue weighted by atomic mass is 9.92. The maximum absolute atomic E-state index is 3.76. The molecule has 0 saturated heterocycles. The third kappa shape index (κ3) is 8.45. The molecule has 17 aromatic carbocycles. The van der Waals surface area contributed by atoms with Crippen LogP contribution in [0.5, 0.6) is 0 Å². The van der Waals surface area contributed by atoms with Gasteiger partial charge in [0.05, 0.1) is 32.5 Å². The van der Waals surface area contributed by atoms with Crippen molar-refractivity contribution in [3.8, 4) is 0 Å². The summed E-state index contributed by atoms with van der Waals surface area (Å²) >= 11 is 0. The Bertz CT molecular complexity index is 6810. The molecule has 0 radical (unpaired) electrons. The fourth-order valence-corrected chi connectivity index (χ4v) is 34.7. The van der Waals surface area contributed by atoms with Crippen molar-refractivity contribution < 1.29 is 0 Å². The normalized spacial score (nSPS) is 36.2. The Morgan fingerprint density at radius 1 is 0.123 bits per heavy atom. The van der Waals surface area contributed by atoms with E-state index in [0.29, 0.717) is 0 Å². The molecule has 138 heavy (non-hydrogen) atoms. The van der Waals surface area contributed by atoms with E-state index in [1.807, 2.05) is 36.4 Å². The van der Waals surface area contributed by atoms with Gasteiger partial charge >= 0.3 is 0 Å². The zero-order chi connectivity index (χ0) is 90.7. The van der Waals surface area contributed by atoms with Gasteiger partial charge in [-0.1, -0.05) is 330 Å². The van der Waals surface area contributed by atoms with Crippen LogP contribution in [0.3, 0.4) is 0 Å². The molecule has 0 aromatic heterocycles.